The largest absolute Gasteiger partial charge is 0.493 e. The molecule has 186 valence electrons. The lowest BCUT2D eigenvalue weighted by atomic mass is 9.94. The summed E-state index contributed by atoms with van der Waals surface area (Å²) in [6.45, 7) is 9.09. The summed E-state index contributed by atoms with van der Waals surface area (Å²) in [5.74, 6) is 1.24. The Kier molecular flexibility index (Phi) is 7.84. The quantitative estimate of drug-likeness (QED) is 0.426. The first-order valence-electron chi connectivity index (χ1n) is 11.3. The Morgan fingerprint density at radius 3 is 2.29 bits per heavy atom. The molecule has 0 spiro atoms. The van der Waals surface area contributed by atoms with Crippen LogP contribution in [0.25, 0.3) is 10.8 Å². The van der Waals surface area contributed by atoms with E-state index in [-0.39, 0.29) is 11.9 Å². The molecular weight excluding hydrogens is 448 g/mol. The van der Waals surface area contributed by atoms with E-state index in [2.05, 4.69) is 10.3 Å². The van der Waals surface area contributed by atoms with Gasteiger partial charge in [-0.25, -0.2) is 4.79 Å². The first-order valence-corrected chi connectivity index (χ1v) is 11.3. The van der Waals surface area contributed by atoms with E-state index >= 15 is 0 Å². The molecule has 1 atom stereocenters. The van der Waals surface area contributed by atoms with E-state index in [1.54, 1.807) is 76.7 Å². The molecule has 0 aliphatic rings. The van der Waals surface area contributed by atoms with Crippen molar-refractivity contribution >= 4 is 22.6 Å². The number of rotatable bonds is 8. The Balaban J connectivity index is 2.13. The average molecular weight is 481 g/mol. The van der Waals surface area contributed by atoms with Crippen molar-refractivity contribution in [1.82, 2.24) is 10.3 Å². The van der Waals surface area contributed by atoms with E-state index in [1.165, 1.54) is 7.11 Å². The van der Waals surface area contributed by atoms with Gasteiger partial charge in [-0.2, -0.15) is 0 Å². The number of hydrogen-bond acceptors (Lipinski definition) is 7. The number of ketones is 1. The molecule has 0 radical (unpaired) electrons. The summed E-state index contributed by atoms with van der Waals surface area (Å²) >= 11 is 0. The molecule has 1 heterocycles. The van der Waals surface area contributed by atoms with E-state index in [1.807, 2.05) is 13.8 Å². The molecule has 1 aromatic heterocycles. The maximum atomic E-state index is 13.8. The second-order valence-electron chi connectivity index (χ2n) is 9.29. The Morgan fingerprint density at radius 2 is 1.66 bits per heavy atom. The molecule has 0 saturated heterocycles. The molecule has 8 heteroatoms. The summed E-state index contributed by atoms with van der Waals surface area (Å²) in [5.41, 5.74) is 0.132. The van der Waals surface area contributed by atoms with E-state index in [4.69, 9.17) is 18.9 Å². The normalized spacial score (nSPS) is 12.2. The second kappa shape index (κ2) is 10.6. The van der Waals surface area contributed by atoms with Gasteiger partial charge >= 0.3 is 6.09 Å². The summed E-state index contributed by atoms with van der Waals surface area (Å²) in [6, 6.07) is 9.33. The number of nitrogens with zero attached hydrogens (tertiary/aromatic N) is 1. The number of nitrogens with one attached hydrogen (secondary N) is 1. The van der Waals surface area contributed by atoms with Crippen molar-refractivity contribution in [2.45, 2.75) is 52.4 Å². The van der Waals surface area contributed by atoms with Gasteiger partial charge in [0.1, 0.15) is 17.4 Å². The maximum Gasteiger partial charge on any atom is 0.408 e. The molecule has 0 bridgehead atoms. The number of aromatic nitrogens is 1. The van der Waals surface area contributed by atoms with Crippen LogP contribution in [0.2, 0.25) is 0 Å². The van der Waals surface area contributed by atoms with Gasteiger partial charge in [-0.1, -0.05) is 12.1 Å². The Morgan fingerprint density at radius 1 is 0.971 bits per heavy atom. The van der Waals surface area contributed by atoms with Crippen molar-refractivity contribution in [3.05, 3.63) is 59.9 Å². The second-order valence-corrected chi connectivity index (χ2v) is 9.29. The van der Waals surface area contributed by atoms with E-state index in [9.17, 15) is 9.59 Å². The van der Waals surface area contributed by atoms with Crippen molar-refractivity contribution in [3.63, 3.8) is 0 Å². The van der Waals surface area contributed by atoms with Crippen LogP contribution in [0.15, 0.2) is 48.8 Å². The average Bonchev–Trinajstić information content (AvgIpc) is 2.79. The molecule has 8 nitrogen and oxygen atoms in total. The molecule has 3 rings (SSSR count). The molecule has 2 aromatic carbocycles. The third kappa shape index (κ3) is 6.41. The highest BCUT2D eigenvalue weighted by Crippen LogP contribution is 2.36. The first-order chi connectivity index (χ1) is 16.5. The lowest BCUT2D eigenvalue weighted by Crippen LogP contribution is -2.38. The van der Waals surface area contributed by atoms with Gasteiger partial charge in [-0.15, -0.1) is 0 Å². The molecule has 3 aromatic rings. The maximum absolute atomic E-state index is 13.8. The SMILES string of the molecule is COc1cc2cncc(C(NC(=O)OC(C)(C)C)C(=O)c3cccc(OC(C)C)c3)c2cc1OC. The lowest BCUT2D eigenvalue weighted by molar-refractivity contribution is 0.0491. The van der Waals surface area contributed by atoms with Crippen molar-refractivity contribution in [2.75, 3.05) is 14.2 Å². The van der Waals surface area contributed by atoms with Crippen molar-refractivity contribution in [2.24, 2.45) is 0 Å². The van der Waals surface area contributed by atoms with Gasteiger partial charge in [0.15, 0.2) is 17.3 Å². The lowest BCUT2D eigenvalue weighted by Gasteiger charge is -2.24. The zero-order valence-corrected chi connectivity index (χ0v) is 21.2. The van der Waals surface area contributed by atoms with Gasteiger partial charge in [0.05, 0.1) is 20.3 Å². The molecule has 0 aliphatic heterocycles. The minimum absolute atomic E-state index is 0.0549. The third-order valence-electron chi connectivity index (χ3n) is 5.02. The van der Waals surface area contributed by atoms with Crippen LogP contribution in [0.3, 0.4) is 0 Å². The predicted molar refractivity (Wildman–Crippen MR) is 133 cm³/mol. The van der Waals surface area contributed by atoms with Crippen LogP contribution in [-0.4, -0.2) is 42.8 Å². The number of ether oxygens (including phenoxy) is 4. The molecule has 1 N–H and O–H groups in total. The van der Waals surface area contributed by atoms with E-state index in [0.717, 1.165) is 5.39 Å². The highest BCUT2D eigenvalue weighted by molar-refractivity contribution is 6.05. The van der Waals surface area contributed by atoms with Crippen LogP contribution in [0.1, 0.15) is 56.6 Å². The smallest absolute Gasteiger partial charge is 0.408 e. The monoisotopic (exact) mass is 480 g/mol. The van der Waals surface area contributed by atoms with Crippen molar-refractivity contribution in [3.8, 4) is 17.2 Å². The van der Waals surface area contributed by atoms with Crippen LogP contribution in [0, 0.1) is 0 Å². The number of carbonyl (C=O) groups is 2. The number of carbonyl (C=O) groups excluding carboxylic acids is 2. The van der Waals surface area contributed by atoms with Crippen molar-refractivity contribution < 1.29 is 28.5 Å². The molecule has 0 fully saturated rings. The topological polar surface area (TPSA) is 96.0 Å². The van der Waals surface area contributed by atoms with Gasteiger partial charge in [-0.3, -0.25) is 9.78 Å². The number of methoxy groups -OCH3 is 2. The summed E-state index contributed by atoms with van der Waals surface area (Å²) in [7, 11) is 3.08. The molecule has 1 unspecified atom stereocenters. The number of hydrogen-bond donors (Lipinski definition) is 1. The number of alkyl carbamates (subject to hydrolysis) is 1. The first kappa shape index (κ1) is 25.8. The van der Waals surface area contributed by atoms with Crippen molar-refractivity contribution in [1.29, 1.82) is 0 Å². The summed E-state index contributed by atoms with van der Waals surface area (Å²) < 4.78 is 22.1. The molecule has 35 heavy (non-hydrogen) atoms. The predicted octanol–water partition coefficient (Wildman–Crippen LogP) is 5.49. The molecule has 1 amide bonds. The summed E-state index contributed by atoms with van der Waals surface area (Å²) in [6.07, 6.45) is 2.44. The van der Waals surface area contributed by atoms with E-state index in [0.29, 0.717) is 33.8 Å². The fraction of sp³-hybridized carbons (Fsp3) is 0.370. The van der Waals surface area contributed by atoms with Gasteiger partial charge in [0, 0.05) is 28.9 Å². The van der Waals surface area contributed by atoms with Crippen LogP contribution >= 0.6 is 0 Å². The Labute approximate surface area is 205 Å². The van der Waals surface area contributed by atoms with Gasteiger partial charge in [-0.05, 0) is 64.3 Å². The van der Waals surface area contributed by atoms with Gasteiger partial charge in [0.25, 0.3) is 0 Å². The zero-order valence-electron chi connectivity index (χ0n) is 21.2. The number of benzene rings is 2. The fourth-order valence-electron chi connectivity index (χ4n) is 3.62. The fourth-order valence-corrected chi connectivity index (χ4v) is 3.62. The van der Waals surface area contributed by atoms with Gasteiger partial charge in [0.2, 0.25) is 0 Å². The third-order valence-corrected chi connectivity index (χ3v) is 5.02. The highest BCUT2D eigenvalue weighted by atomic mass is 16.6. The van der Waals surface area contributed by atoms with Crippen LogP contribution in [0.4, 0.5) is 4.79 Å². The number of Topliss-reactive ketones (excluding diaryl/α,β-unsaturated/α-hetero) is 1. The van der Waals surface area contributed by atoms with Gasteiger partial charge < -0.3 is 24.3 Å². The number of fused-ring (bicyclic) bond motifs is 1. The highest BCUT2D eigenvalue weighted by Gasteiger charge is 2.29. The van der Waals surface area contributed by atoms with Crippen LogP contribution < -0.4 is 19.5 Å². The number of pyridine rings is 1. The minimum atomic E-state index is -1.08. The van der Waals surface area contributed by atoms with Crippen LogP contribution in [0.5, 0.6) is 17.2 Å². The summed E-state index contributed by atoms with van der Waals surface area (Å²) in [4.78, 5) is 30.9. The Hall–Kier alpha value is -3.81. The molecule has 0 aliphatic carbocycles. The number of amides is 1. The minimum Gasteiger partial charge on any atom is -0.493 e. The molecule has 0 saturated carbocycles. The Bertz CT molecular complexity index is 1220. The zero-order chi connectivity index (χ0) is 25.8. The van der Waals surface area contributed by atoms with Crippen LogP contribution in [-0.2, 0) is 4.74 Å². The standard InChI is InChI=1S/C27H32N2O6/c1-16(2)34-19-10-8-9-17(11-19)25(30)24(29-26(31)35-27(3,4)5)21-15-28-14-18-12-22(32-6)23(33-7)13-20(18)21/h8-16,24H,1-7H3,(H,29,31). The van der Waals surface area contributed by atoms with E-state index < -0.39 is 17.7 Å². The summed E-state index contributed by atoms with van der Waals surface area (Å²) in [5, 5.41) is 4.15. The molecular formula is C27H32N2O6.